The van der Waals surface area contributed by atoms with Crippen molar-refractivity contribution in [1.82, 2.24) is 4.90 Å². The maximum absolute atomic E-state index is 12.4. The van der Waals surface area contributed by atoms with Gasteiger partial charge in [-0.25, -0.2) is 0 Å². The lowest BCUT2D eigenvalue weighted by Crippen LogP contribution is -2.47. The van der Waals surface area contributed by atoms with Crippen molar-refractivity contribution in [2.75, 3.05) is 110 Å². The Morgan fingerprint density at radius 2 is 1.25 bits per heavy atom. The van der Waals surface area contributed by atoms with Crippen LogP contribution in [0.4, 0.5) is 17.1 Å². The van der Waals surface area contributed by atoms with Crippen molar-refractivity contribution in [3.05, 3.63) is 71.0 Å². The Bertz CT molecular complexity index is 2020. The van der Waals surface area contributed by atoms with Gasteiger partial charge in [-0.15, -0.1) is 0 Å². The first-order chi connectivity index (χ1) is 30.2. The number of anilines is 3. The molecule has 0 N–H and O–H groups in total. The molecule has 16 nitrogen and oxygen atoms in total. The molecule has 63 heavy (non-hydrogen) atoms. The second kappa shape index (κ2) is 23.4. The van der Waals surface area contributed by atoms with Gasteiger partial charge in [-0.2, -0.15) is 0 Å². The van der Waals surface area contributed by atoms with Crippen molar-refractivity contribution in [3.63, 3.8) is 0 Å². The minimum Gasteiger partial charge on any atom is -0.496 e. The molecule has 0 saturated heterocycles. The summed E-state index contributed by atoms with van der Waals surface area (Å²) in [5, 5.41) is 0. The van der Waals surface area contributed by atoms with Crippen LogP contribution in [0.15, 0.2) is 59.9 Å². The fraction of sp³-hybridized carbons (Fsp3) is 0.511. The van der Waals surface area contributed by atoms with Crippen LogP contribution in [0.1, 0.15) is 70.4 Å². The van der Waals surface area contributed by atoms with Gasteiger partial charge in [0.2, 0.25) is 0 Å². The zero-order valence-electron chi connectivity index (χ0n) is 38.5. The van der Waals surface area contributed by atoms with Crippen molar-refractivity contribution < 1.29 is 57.1 Å². The van der Waals surface area contributed by atoms with Crippen molar-refractivity contribution in [2.24, 2.45) is 0 Å². The maximum atomic E-state index is 12.4. The molecule has 0 spiro atoms. The summed E-state index contributed by atoms with van der Waals surface area (Å²) in [7, 11) is 10.9. The highest BCUT2D eigenvalue weighted by Crippen LogP contribution is 2.50. The van der Waals surface area contributed by atoms with Crippen LogP contribution in [-0.4, -0.2) is 136 Å². The van der Waals surface area contributed by atoms with Gasteiger partial charge in [0.1, 0.15) is 17.3 Å². The van der Waals surface area contributed by atoms with Crippen LogP contribution in [0, 0.1) is 0 Å². The number of esters is 5. The summed E-state index contributed by atoms with van der Waals surface area (Å²) in [5.74, 6) is -0.129. The van der Waals surface area contributed by atoms with E-state index < -0.39 is 17.5 Å². The molecule has 0 fully saturated rings. The number of ether oxygens (including phenoxy) is 7. The zero-order chi connectivity index (χ0) is 46.3. The van der Waals surface area contributed by atoms with Crippen molar-refractivity contribution in [3.8, 4) is 11.5 Å². The minimum absolute atomic E-state index is 0.0840. The zero-order valence-corrected chi connectivity index (χ0v) is 38.5. The van der Waals surface area contributed by atoms with Crippen molar-refractivity contribution in [2.45, 2.75) is 64.8 Å². The molecule has 1 aliphatic heterocycles. The first-order valence-electron chi connectivity index (χ1n) is 21.2. The Balaban J connectivity index is 1.95. The summed E-state index contributed by atoms with van der Waals surface area (Å²) in [6, 6.07) is 9.91. The predicted octanol–water partition coefficient (Wildman–Crippen LogP) is 5.70. The molecule has 2 aromatic rings. The number of rotatable bonds is 24. The first-order valence-corrected chi connectivity index (χ1v) is 21.2. The fourth-order valence-electron chi connectivity index (χ4n) is 7.67. The highest BCUT2D eigenvalue weighted by atomic mass is 16.5. The summed E-state index contributed by atoms with van der Waals surface area (Å²) >= 11 is 0. The number of hydrogen-bond donors (Lipinski definition) is 0. The van der Waals surface area contributed by atoms with Gasteiger partial charge in [-0.05, 0) is 51.5 Å². The molecule has 0 bridgehead atoms. The Labute approximate surface area is 371 Å². The Kier molecular flexibility index (Phi) is 18.5. The molecule has 2 aliphatic rings. The van der Waals surface area contributed by atoms with E-state index in [9.17, 15) is 24.0 Å². The summed E-state index contributed by atoms with van der Waals surface area (Å²) in [4.78, 5) is 69.8. The molecule has 1 heterocycles. The van der Waals surface area contributed by atoms with Crippen LogP contribution < -0.4 is 24.2 Å². The van der Waals surface area contributed by atoms with E-state index in [1.165, 1.54) is 28.4 Å². The lowest BCUT2D eigenvalue weighted by molar-refractivity contribution is -0.143. The smallest absolute Gasteiger partial charge is 0.307 e. The van der Waals surface area contributed by atoms with Gasteiger partial charge in [0.25, 0.3) is 0 Å². The Hall–Kier alpha value is -6.03. The van der Waals surface area contributed by atoms with Crippen LogP contribution in [0.3, 0.4) is 0 Å². The number of carbonyl (C=O) groups is 5. The normalized spacial score (nSPS) is 15.0. The monoisotopic (exact) mass is 876 g/mol. The number of nitrogens with zero attached hydrogens (tertiary/aromatic N) is 4. The van der Waals surface area contributed by atoms with Gasteiger partial charge in [0.05, 0.1) is 84.8 Å². The van der Waals surface area contributed by atoms with Crippen LogP contribution in [0.2, 0.25) is 0 Å². The standard InChI is InChI=1S/C47H64N4O12/c1-11-49(23-13-14-45(56)62-12-2)37-30-38(57-6)35(29-36(37)48(4)5)46-33-16-15-32(50(24-18-41(52)58-7)25-19-42(53)59-8)28-39(33)63-40-31-47(3,22-17-34(40)46)51(26-20-43(54)60-9)27-21-44(55)61-10/h15-17,22,28-31H,11-14,18-21,23-27H2,1-10H3. The van der Waals surface area contributed by atoms with E-state index in [0.29, 0.717) is 55.5 Å². The number of benzene rings is 2. The molecule has 0 saturated carbocycles. The predicted molar refractivity (Wildman–Crippen MR) is 240 cm³/mol. The second-order valence-electron chi connectivity index (χ2n) is 15.3. The molecule has 4 rings (SSSR count). The number of allylic oxidation sites excluding steroid dienone is 1. The van der Waals surface area contributed by atoms with E-state index in [1.54, 1.807) is 14.0 Å². The lowest BCUT2D eigenvalue weighted by Gasteiger charge is -2.40. The average molecular weight is 877 g/mol. The number of fused-ring (bicyclic) bond motifs is 2. The van der Waals surface area contributed by atoms with Gasteiger partial charge in [0, 0.05) is 99.9 Å². The Morgan fingerprint density at radius 1 is 0.667 bits per heavy atom. The van der Waals surface area contributed by atoms with Crippen molar-refractivity contribution in [1.29, 1.82) is 0 Å². The molecule has 1 aliphatic carbocycles. The summed E-state index contributed by atoms with van der Waals surface area (Å²) in [6.07, 6.45) is 7.27. The highest BCUT2D eigenvalue weighted by molar-refractivity contribution is 5.95. The van der Waals surface area contributed by atoms with Gasteiger partial charge in [0.15, 0.2) is 0 Å². The lowest BCUT2D eigenvalue weighted by atomic mass is 9.82. The molecule has 1 unspecified atom stereocenters. The molecule has 16 heteroatoms. The van der Waals surface area contributed by atoms with Gasteiger partial charge in [-0.3, -0.25) is 28.9 Å². The van der Waals surface area contributed by atoms with Crippen LogP contribution in [0.25, 0.3) is 5.57 Å². The van der Waals surface area contributed by atoms with Crippen LogP contribution >= 0.6 is 0 Å². The first kappa shape index (κ1) is 49.6. The van der Waals surface area contributed by atoms with E-state index in [-0.39, 0.29) is 69.8 Å². The number of methoxy groups -OCH3 is 5. The van der Waals surface area contributed by atoms with E-state index >= 15 is 0 Å². The van der Waals surface area contributed by atoms with Gasteiger partial charge in [-0.1, -0.05) is 12.2 Å². The van der Waals surface area contributed by atoms with Gasteiger partial charge < -0.3 is 47.9 Å². The number of carbonyl (C=O) groups excluding carboxylic acids is 5. The third-order valence-corrected chi connectivity index (χ3v) is 11.2. The Morgan fingerprint density at radius 3 is 1.78 bits per heavy atom. The third kappa shape index (κ3) is 12.8. The van der Waals surface area contributed by atoms with Crippen molar-refractivity contribution >= 4 is 52.5 Å². The number of hydrogen-bond acceptors (Lipinski definition) is 16. The second-order valence-corrected chi connectivity index (χ2v) is 15.3. The molecular weight excluding hydrogens is 813 g/mol. The topological polar surface area (TPSA) is 163 Å². The molecule has 0 aromatic heterocycles. The van der Waals surface area contributed by atoms with E-state index in [0.717, 1.165) is 33.6 Å². The van der Waals surface area contributed by atoms with Crippen LogP contribution in [0.5, 0.6) is 11.5 Å². The summed E-state index contributed by atoms with van der Waals surface area (Å²) in [5.41, 5.74) is 4.89. The quantitative estimate of drug-likeness (QED) is 0.0932. The fourth-order valence-corrected chi connectivity index (χ4v) is 7.67. The highest BCUT2D eigenvalue weighted by Gasteiger charge is 2.37. The molecular formula is C47H64N4O12. The van der Waals surface area contributed by atoms with Crippen LogP contribution in [-0.2, 0) is 47.7 Å². The minimum atomic E-state index is -0.831. The SMILES string of the molecule is CCOC(=O)CCCN(CC)c1cc(OC)c(C2=C3C=CC(C)(N(CCC(=O)OC)CCC(=O)OC)C=C3Oc3cc(N(CCC(=O)OC)CCC(=O)OC)ccc32)cc1N(C)C. The largest absolute Gasteiger partial charge is 0.496 e. The van der Waals surface area contributed by atoms with E-state index in [4.69, 9.17) is 33.2 Å². The van der Waals surface area contributed by atoms with Gasteiger partial charge >= 0.3 is 29.8 Å². The third-order valence-electron chi connectivity index (χ3n) is 11.2. The summed E-state index contributed by atoms with van der Waals surface area (Å²) in [6.45, 7) is 8.59. The summed E-state index contributed by atoms with van der Waals surface area (Å²) < 4.78 is 38.0. The molecule has 344 valence electrons. The molecule has 0 radical (unpaired) electrons. The van der Waals surface area contributed by atoms with E-state index in [2.05, 4.69) is 17.9 Å². The van der Waals surface area contributed by atoms with E-state index in [1.807, 2.05) is 78.2 Å². The average Bonchev–Trinajstić information content (AvgIpc) is 3.28. The maximum Gasteiger partial charge on any atom is 0.307 e. The molecule has 2 aromatic carbocycles. The molecule has 1 atom stereocenters. The molecule has 0 amide bonds.